The Balaban J connectivity index is 2.87. The summed E-state index contributed by atoms with van der Waals surface area (Å²) in [5.41, 5.74) is -14.6. The standard InChI is InChI=1S/C16H8F7N3O4S3/c17-11-3-7-13(8-4-11)26(33(29,30)16(21,22)23)14(31)25(32(27,28)15(18,19)20)12-5-1-10(9-24)2-6-12/h1-8H. The van der Waals surface area contributed by atoms with Crippen molar-refractivity contribution in [1.82, 2.24) is 0 Å². The summed E-state index contributed by atoms with van der Waals surface area (Å²) in [6.45, 7) is 0. The van der Waals surface area contributed by atoms with Crippen molar-refractivity contribution in [2.45, 2.75) is 11.0 Å². The lowest BCUT2D eigenvalue weighted by Crippen LogP contribution is -2.55. The van der Waals surface area contributed by atoms with Crippen LogP contribution in [-0.4, -0.2) is 33.0 Å². The zero-order valence-electron chi connectivity index (χ0n) is 15.5. The molecule has 0 radical (unpaired) electrons. The van der Waals surface area contributed by atoms with Crippen molar-refractivity contribution in [3.8, 4) is 6.07 Å². The average Bonchev–Trinajstić information content (AvgIpc) is 2.68. The number of rotatable bonds is 4. The van der Waals surface area contributed by atoms with Gasteiger partial charge < -0.3 is 0 Å². The second-order valence-electron chi connectivity index (χ2n) is 5.85. The van der Waals surface area contributed by atoms with Crippen molar-refractivity contribution >= 4 is 48.8 Å². The Labute approximate surface area is 187 Å². The quantitative estimate of drug-likeness (QED) is 0.434. The molecule has 2 rings (SSSR count). The van der Waals surface area contributed by atoms with Crippen LogP contribution in [0.1, 0.15) is 5.56 Å². The van der Waals surface area contributed by atoms with Crippen molar-refractivity contribution < 1.29 is 47.6 Å². The van der Waals surface area contributed by atoms with E-state index in [1.807, 2.05) is 0 Å². The first-order valence-electron chi connectivity index (χ1n) is 7.98. The van der Waals surface area contributed by atoms with Crippen molar-refractivity contribution in [3.63, 3.8) is 0 Å². The van der Waals surface area contributed by atoms with Gasteiger partial charge in [-0.3, -0.25) is 0 Å². The van der Waals surface area contributed by atoms with Gasteiger partial charge in [0.2, 0.25) is 5.11 Å². The van der Waals surface area contributed by atoms with Crippen LogP contribution in [-0.2, 0) is 20.0 Å². The molecule has 0 amide bonds. The summed E-state index contributed by atoms with van der Waals surface area (Å²) in [5, 5.41) is 6.80. The van der Waals surface area contributed by atoms with Crippen LogP contribution < -0.4 is 8.61 Å². The Morgan fingerprint density at radius 1 is 0.758 bits per heavy atom. The summed E-state index contributed by atoms with van der Waals surface area (Å²) < 4.78 is 140. The van der Waals surface area contributed by atoms with Gasteiger partial charge in [0.1, 0.15) is 5.82 Å². The number of alkyl halides is 6. The van der Waals surface area contributed by atoms with E-state index in [0.717, 1.165) is 12.1 Å². The van der Waals surface area contributed by atoms with Gasteiger partial charge in [0.25, 0.3) is 0 Å². The maximum atomic E-state index is 13.3. The summed E-state index contributed by atoms with van der Waals surface area (Å²) in [4.78, 5) is 0. The lowest BCUT2D eigenvalue weighted by Gasteiger charge is -2.32. The Bertz CT molecular complexity index is 1300. The largest absolute Gasteiger partial charge is 0.517 e. The summed E-state index contributed by atoms with van der Waals surface area (Å²) >= 11 is 4.52. The van der Waals surface area contributed by atoms with E-state index in [2.05, 4.69) is 12.2 Å². The molecule has 0 unspecified atom stereocenters. The Morgan fingerprint density at radius 3 is 1.39 bits per heavy atom. The highest BCUT2D eigenvalue weighted by Gasteiger charge is 2.57. The predicted octanol–water partition coefficient (Wildman–Crippen LogP) is 3.99. The van der Waals surface area contributed by atoms with Crippen LogP contribution in [0.15, 0.2) is 48.5 Å². The SMILES string of the molecule is N#Cc1ccc(N(C(=S)N(c2ccc(F)cc2)S(=O)(=O)C(F)(F)F)S(=O)(=O)C(F)(F)F)cc1. The number of benzene rings is 2. The molecule has 33 heavy (non-hydrogen) atoms. The van der Waals surface area contributed by atoms with Crippen LogP contribution in [0.2, 0.25) is 0 Å². The highest BCUT2D eigenvalue weighted by molar-refractivity contribution is 7.99. The molecule has 2 aromatic carbocycles. The van der Waals surface area contributed by atoms with Gasteiger partial charge in [0, 0.05) is 0 Å². The van der Waals surface area contributed by atoms with Crippen molar-refractivity contribution in [2.24, 2.45) is 0 Å². The number of hydrogen-bond donors (Lipinski definition) is 0. The molecule has 0 bridgehead atoms. The first kappa shape index (κ1) is 26.3. The molecular formula is C16H8F7N3O4S3. The third kappa shape index (κ3) is 5.02. The van der Waals surface area contributed by atoms with Gasteiger partial charge in [-0.2, -0.15) is 48.4 Å². The molecule has 0 aromatic heterocycles. The van der Waals surface area contributed by atoms with E-state index in [-0.39, 0.29) is 5.56 Å². The van der Waals surface area contributed by atoms with Crippen molar-refractivity contribution in [1.29, 1.82) is 5.26 Å². The monoisotopic (exact) mass is 535 g/mol. The molecule has 17 heteroatoms. The molecule has 2 aromatic rings. The second kappa shape index (κ2) is 8.76. The zero-order chi connectivity index (χ0) is 25.4. The van der Waals surface area contributed by atoms with Crippen LogP contribution in [0.5, 0.6) is 0 Å². The maximum Gasteiger partial charge on any atom is 0.517 e. The minimum atomic E-state index is -6.63. The zero-order valence-corrected chi connectivity index (χ0v) is 17.9. The molecule has 178 valence electrons. The molecule has 0 aliphatic rings. The van der Waals surface area contributed by atoms with Crippen LogP contribution in [0, 0.1) is 17.1 Å². The van der Waals surface area contributed by atoms with Crippen molar-refractivity contribution in [3.05, 3.63) is 59.9 Å². The first-order chi connectivity index (χ1) is 14.9. The third-order valence-electron chi connectivity index (χ3n) is 3.71. The van der Waals surface area contributed by atoms with E-state index in [9.17, 15) is 47.6 Å². The lowest BCUT2D eigenvalue weighted by atomic mass is 10.2. The van der Waals surface area contributed by atoms with Gasteiger partial charge in [0.15, 0.2) is 0 Å². The van der Waals surface area contributed by atoms with E-state index in [1.54, 1.807) is 6.07 Å². The molecule has 0 N–H and O–H groups in total. The number of nitrogens with zero attached hydrogens (tertiary/aromatic N) is 3. The minimum Gasteiger partial charge on any atom is -0.207 e. The molecular weight excluding hydrogens is 527 g/mol. The first-order valence-corrected chi connectivity index (χ1v) is 11.3. The smallest absolute Gasteiger partial charge is 0.207 e. The Kier molecular flexibility index (Phi) is 6.98. The lowest BCUT2D eigenvalue weighted by molar-refractivity contribution is -0.0437. The summed E-state index contributed by atoms with van der Waals surface area (Å²) in [6, 6.07) is 6.21. The molecule has 0 spiro atoms. The van der Waals surface area contributed by atoms with E-state index < -0.39 is 62.0 Å². The van der Waals surface area contributed by atoms with Gasteiger partial charge in [-0.15, -0.1) is 0 Å². The number of nitriles is 1. The van der Waals surface area contributed by atoms with Crippen molar-refractivity contribution in [2.75, 3.05) is 8.61 Å². The summed E-state index contributed by atoms with van der Waals surface area (Å²) in [7, 11) is -13.2. The fraction of sp³-hybridized carbons (Fsp3) is 0.125. The van der Waals surface area contributed by atoms with Crippen LogP contribution in [0.3, 0.4) is 0 Å². The van der Waals surface area contributed by atoms with Gasteiger partial charge in [-0.1, -0.05) is 0 Å². The fourth-order valence-corrected chi connectivity index (χ4v) is 4.88. The van der Waals surface area contributed by atoms with E-state index in [0.29, 0.717) is 36.4 Å². The van der Waals surface area contributed by atoms with Gasteiger partial charge >= 0.3 is 31.1 Å². The average molecular weight is 535 g/mol. The number of halogens is 7. The van der Waals surface area contributed by atoms with E-state index in [4.69, 9.17) is 5.26 Å². The molecule has 0 aliphatic heterocycles. The molecule has 0 aliphatic carbocycles. The molecule has 0 saturated carbocycles. The summed E-state index contributed by atoms with van der Waals surface area (Å²) in [5.74, 6) is -1.05. The number of sulfonamides is 2. The second-order valence-corrected chi connectivity index (χ2v) is 9.77. The van der Waals surface area contributed by atoms with E-state index >= 15 is 0 Å². The number of thiocarbonyl (C=S) groups is 1. The molecule has 7 nitrogen and oxygen atoms in total. The van der Waals surface area contributed by atoms with E-state index in [1.165, 1.54) is 0 Å². The third-order valence-corrected chi connectivity index (χ3v) is 7.20. The minimum absolute atomic E-state index is 0.174. The van der Waals surface area contributed by atoms with Gasteiger partial charge in [0.05, 0.1) is 23.0 Å². The fourth-order valence-electron chi connectivity index (χ4n) is 2.24. The summed E-state index contributed by atoms with van der Waals surface area (Å²) in [6.07, 6.45) is 0. The Morgan fingerprint density at radius 2 is 1.09 bits per heavy atom. The highest BCUT2D eigenvalue weighted by atomic mass is 32.2. The molecule has 0 saturated heterocycles. The number of anilines is 2. The predicted molar refractivity (Wildman–Crippen MR) is 105 cm³/mol. The Hall–Kier alpha value is -2.97. The molecule has 0 heterocycles. The van der Waals surface area contributed by atoms with Gasteiger partial charge in [-0.05, 0) is 60.7 Å². The van der Waals surface area contributed by atoms with Crippen LogP contribution >= 0.6 is 12.2 Å². The maximum absolute atomic E-state index is 13.3. The molecule has 0 fully saturated rings. The van der Waals surface area contributed by atoms with Crippen LogP contribution in [0.25, 0.3) is 0 Å². The van der Waals surface area contributed by atoms with Crippen LogP contribution in [0.4, 0.5) is 42.1 Å². The normalized spacial score (nSPS) is 12.7. The number of hydrogen-bond acceptors (Lipinski definition) is 6. The molecule has 0 atom stereocenters. The topological polar surface area (TPSA) is 98.5 Å². The highest BCUT2D eigenvalue weighted by Crippen LogP contribution is 2.37. The van der Waals surface area contributed by atoms with Gasteiger partial charge in [-0.25, -0.2) is 13.0 Å².